The number of benzene rings is 1. The van der Waals surface area contributed by atoms with Crippen molar-refractivity contribution in [2.24, 2.45) is 0 Å². The van der Waals surface area contributed by atoms with Gasteiger partial charge in [-0.1, -0.05) is 0 Å². The summed E-state index contributed by atoms with van der Waals surface area (Å²) in [6.45, 7) is -0.315. The van der Waals surface area contributed by atoms with E-state index < -0.39 is 16.0 Å². The molecule has 0 bridgehead atoms. The zero-order chi connectivity index (χ0) is 15.6. The van der Waals surface area contributed by atoms with Crippen LogP contribution in [0.5, 0.6) is 5.75 Å². The Morgan fingerprint density at radius 3 is 2.57 bits per heavy atom. The predicted octanol–water partition coefficient (Wildman–Crippen LogP) is 0.539. The summed E-state index contributed by atoms with van der Waals surface area (Å²) in [4.78, 5) is 10.8. The molecule has 1 aliphatic rings. The van der Waals surface area contributed by atoms with Gasteiger partial charge in [0.2, 0.25) is 10.0 Å². The average molecular weight is 315 g/mol. The van der Waals surface area contributed by atoms with Crippen molar-refractivity contribution in [1.82, 2.24) is 4.31 Å². The summed E-state index contributed by atoms with van der Waals surface area (Å²) in [5.74, 6) is -1.13. The van der Waals surface area contributed by atoms with E-state index in [2.05, 4.69) is 0 Å². The summed E-state index contributed by atoms with van der Waals surface area (Å²) >= 11 is 0. The van der Waals surface area contributed by atoms with Gasteiger partial charge in [0.1, 0.15) is 10.6 Å². The molecule has 1 aromatic carbocycles. The summed E-state index contributed by atoms with van der Waals surface area (Å²) in [6.07, 6.45) is 1.47. The van der Waals surface area contributed by atoms with E-state index in [1.54, 1.807) is 0 Å². The standard InChI is InChI=1S/C13H17NO6S/c1-20-11-5-2-9(13(16)17)8-12(11)21(18,19)14(6-7-15)10-3-4-10/h2,5,8,10,15H,3-4,6-7H2,1H3,(H,16,17). The number of rotatable bonds is 7. The van der Waals surface area contributed by atoms with Crippen LogP contribution >= 0.6 is 0 Å². The van der Waals surface area contributed by atoms with Gasteiger partial charge in [0.15, 0.2) is 0 Å². The van der Waals surface area contributed by atoms with Crippen molar-refractivity contribution in [3.63, 3.8) is 0 Å². The number of carboxylic acids is 1. The number of hydrogen-bond acceptors (Lipinski definition) is 5. The van der Waals surface area contributed by atoms with Crippen LogP contribution in [0.4, 0.5) is 0 Å². The van der Waals surface area contributed by atoms with Crippen LogP contribution < -0.4 is 4.74 Å². The van der Waals surface area contributed by atoms with Crippen molar-refractivity contribution >= 4 is 16.0 Å². The Bertz CT molecular complexity index is 638. The highest BCUT2D eigenvalue weighted by atomic mass is 32.2. The van der Waals surface area contributed by atoms with Gasteiger partial charge in [-0.25, -0.2) is 13.2 Å². The Balaban J connectivity index is 2.51. The van der Waals surface area contributed by atoms with Gasteiger partial charge in [-0.2, -0.15) is 4.31 Å². The summed E-state index contributed by atoms with van der Waals surface area (Å²) < 4.78 is 31.6. The van der Waals surface area contributed by atoms with Gasteiger partial charge in [-0.05, 0) is 31.0 Å². The lowest BCUT2D eigenvalue weighted by Crippen LogP contribution is -2.35. The Kier molecular flexibility index (Phi) is 4.50. The minimum absolute atomic E-state index is 0.0204. The van der Waals surface area contributed by atoms with Crippen molar-refractivity contribution in [3.8, 4) is 5.75 Å². The molecule has 0 aliphatic heterocycles. The molecule has 0 saturated heterocycles. The van der Waals surface area contributed by atoms with Crippen LogP contribution in [0.2, 0.25) is 0 Å². The van der Waals surface area contributed by atoms with Crippen LogP contribution in [0, 0.1) is 0 Å². The maximum absolute atomic E-state index is 12.7. The SMILES string of the molecule is COc1ccc(C(=O)O)cc1S(=O)(=O)N(CCO)C1CC1. The molecule has 116 valence electrons. The van der Waals surface area contributed by atoms with E-state index in [1.807, 2.05) is 0 Å². The van der Waals surface area contributed by atoms with E-state index in [9.17, 15) is 13.2 Å². The van der Waals surface area contributed by atoms with Crippen LogP contribution in [-0.2, 0) is 10.0 Å². The minimum atomic E-state index is -3.91. The van der Waals surface area contributed by atoms with E-state index in [0.717, 1.165) is 18.9 Å². The smallest absolute Gasteiger partial charge is 0.335 e. The Labute approximate surface area is 122 Å². The first-order chi connectivity index (χ1) is 9.91. The average Bonchev–Trinajstić information content (AvgIpc) is 3.28. The second kappa shape index (κ2) is 6.00. The summed E-state index contributed by atoms with van der Waals surface area (Å²) in [7, 11) is -2.59. The van der Waals surface area contributed by atoms with E-state index in [1.165, 1.54) is 23.5 Å². The zero-order valence-corrected chi connectivity index (χ0v) is 12.3. The first-order valence-corrected chi connectivity index (χ1v) is 7.90. The number of hydrogen-bond donors (Lipinski definition) is 2. The number of ether oxygens (including phenoxy) is 1. The third-order valence-electron chi connectivity index (χ3n) is 3.27. The molecule has 1 saturated carbocycles. The third-order valence-corrected chi connectivity index (χ3v) is 5.24. The van der Waals surface area contributed by atoms with Gasteiger partial charge in [-0.3, -0.25) is 0 Å². The van der Waals surface area contributed by atoms with Crippen LogP contribution in [0.3, 0.4) is 0 Å². The molecule has 0 heterocycles. The number of aliphatic hydroxyl groups excluding tert-OH is 1. The molecule has 0 unspecified atom stereocenters. The van der Waals surface area contributed by atoms with Crippen molar-refractivity contribution < 1.29 is 28.2 Å². The highest BCUT2D eigenvalue weighted by Gasteiger charge is 2.39. The highest BCUT2D eigenvalue weighted by Crippen LogP contribution is 2.35. The molecular formula is C13H17NO6S. The van der Waals surface area contributed by atoms with Crippen LogP contribution in [0.15, 0.2) is 23.1 Å². The lowest BCUT2D eigenvalue weighted by Gasteiger charge is -2.22. The number of aromatic carboxylic acids is 1. The normalized spacial score (nSPS) is 15.2. The lowest BCUT2D eigenvalue weighted by atomic mass is 10.2. The van der Waals surface area contributed by atoms with Crippen molar-refractivity contribution in [1.29, 1.82) is 0 Å². The summed E-state index contributed by atoms with van der Waals surface area (Å²) in [6, 6.07) is 3.55. The summed E-state index contributed by atoms with van der Waals surface area (Å²) in [5, 5.41) is 18.1. The highest BCUT2D eigenvalue weighted by molar-refractivity contribution is 7.89. The second-order valence-electron chi connectivity index (χ2n) is 4.74. The zero-order valence-electron chi connectivity index (χ0n) is 11.5. The Morgan fingerprint density at radius 1 is 1.43 bits per heavy atom. The monoisotopic (exact) mass is 315 g/mol. The molecule has 8 heteroatoms. The summed E-state index contributed by atoms with van der Waals surface area (Å²) in [5.41, 5.74) is -0.130. The fourth-order valence-corrected chi connectivity index (χ4v) is 3.96. The van der Waals surface area contributed by atoms with E-state index in [0.29, 0.717) is 0 Å². The van der Waals surface area contributed by atoms with Gasteiger partial charge in [-0.15, -0.1) is 0 Å². The molecule has 0 spiro atoms. The predicted molar refractivity (Wildman–Crippen MR) is 74.0 cm³/mol. The molecule has 21 heavy (non-hydrogen) atoms. The molecule has 0 aromatic heterocycles. The number of carboxylic acid groups (broad SMARTS) is 1. The van der Waals surface area contributed by atoms with Crippen molar-refractivity contribution in [2.75, 3.05) is 20.3 Å². The minimum Gasteiger partial charge on any atom is -0.495 e. The van der Waals surface area contributed by atoms with Crippen molar-refractivity contribution in [3.05, 3.63) is 23.8 Å². The maximum Gasteiger partial charge on any atom is 0.335 e. The fraction of sp³-hybridized carbons (Fsp3) is 0.462. The molecule has 0 amide bonds. The first kappa shape index (κ1) is 15.7. The Morgan fingerprint density at radius 2 is 2.10 bits per heavy atom. The van der Waals surface area contributed by atoms with Gasteiger partial charge >= 0.3 is 5.97 Å². The molecular weight excluding hydrogens is 298 g/mol. The van der Waals surface area contributed by atoms with Gasteiger partial charge in [0.25, 0.3) is 0 Å². The van der Waals surface area contributed by atoms with Gasteiger partial charge in [0, 0.05) is 12.6 Å². The third kappa shape index (κ3) is 3.17. The number of methoxy groups -OCH3 is 1. The maximum atomic E-state index is 12.7. The number of carbonyl (C=O) groups is 1. The fourth-order valence-electron chi connectivity index (χ4n) is 2.10. The van der Waals surface area contributed by atoms with E-state index in [-0.39, 0.29) is 35.4 Å². The molecule has 2 rings (SSSR count). The van der Waals surface area contributed by atoms with E-state index >= 15 is 0 Å². The van der Waals surface area contributed by atoms with Crippen LogP contribution in [0.1, 0.15) is 23.2 Å². The first-order valence-electron chi connectivity index (χ1n) is 6.46. The van der Waals surface area contributed by atoms with E-state index in [4.69, 9.17) is 14.9 Å². The quantitative estimate of drug-likeness (QED) is 0.761. The lowest BCUT2D eigenvalue weighted by molar-refractivity contribution is 0.0696. The van der Waals surface area contributed by atoms with Crippen LogP contribution in [0.25, 0.3) is 0 Å². The molecule has 0 radical (unpaired) electrons. The second-order valence-corrected chi connectivity index (χ2v) is 6.60. The molecule has 7 nitrogen and oxygen atoms in total. The molecule has 1 aliphatic carbocycles. The van der Waals surface area contributed by atoms with Gasteiger partial charge in [0.05, 0.1) is 19.3 Å². The largest absolute Gasteiger partial charge is 0.495 e. The molecule has 2 N–H and O–H groups in total. The van der Waals surface area contributed by atoms with Gasteiger partial charge < -0.3 is 14.9 Å². The molecule has 1 fully saturated rings. The molecule has 0 atom stereocenters. The number of aliphatic hydroxyl groups is 1. The van der Waals surface area contributed by atoms with Crippen molar-refractivity contribution in [2.45, 2.75) is 23.8 Å². The molecule has 1 aromatic rings. The Hall–Kier alpha value is -1.64. The van der Waals surface area contributed by atoms with Crippen LogP contribution in [-0.4, -0.2) is 55.2 Å². The topological polar surface area (TPSA) is 104 Å². The number of sulfonamides is 1. The number of nitrogens with zero attached hydrogens (tertiary/aromatic N) is 1.